The summed E-state index contributed by atoms with van der Waals surface area (Å²) in [6, 6.07) is 0. The number of rotatable bonds is 6. The highest BCUT2D eigenvalue weighted by Gasteiger charge is 2.55. The van der Waals surface area contributed by atoms with Crippen molar-refractivity contribution in [3.8, 4) is 0 Å². The fraction of sp³-hybridized carbons (Fsp3) is 0.864. The topological polar surface area (TPSA) is 46.5 Å². The van der Waals surface area contributed by atoms with E-state index in [-0.39, 0.29) is 22.9 Å². The van der Waals surface area contributed by atoms with Crippen molar-refractivity contribution < 1.29 is 14.6 Å². The van der Waals surface area contributed by atoms with E-state index in [9.17, 15) is 9.90 Å². The SMILES string of the molecule is C=C1CC[C@@H]2C(C)(C)[C@H](O)CC[C@]2(C)[C@@H]1CC[C@@H](C)CCOC(C)=O. The average molecular weight is 351 g/mol. The zero-order valence-electron chi connectivity index (χ0n) is 16.9. The lowest BCUT2D eigenvalue weighted by atomic mass is 9.46. The average Bonchev–Trinajstić information content (AvgIpc) is 2.50. The second kappa shape index (κ2) is 7.82. The molecule has 5 atom stereocenters. The van der Waals surface area contributed by atoms with Gasteiger partial charge in [-0.15, -0.1) is 0 Å². The number of aliphatic hydroxyl groups excluding tert-OH is 1. The standard InChI is InChI=1S/C22H38O3/c1-15(12-14-25-17(3)23)7-9-18-16(2)8-10-19-21(4,5)20(24)11-13-22(18,19)6/h15,18-20,24H,2,7-14H2,1,3-6H3/t15-,18-,19-,20-,22-/m1/s1. The molecule has 25 heavy (non-hydrogen) atoms. The van der Waals surface area contributed by atoms with Crippen LogP contribution in [0.3, 0.4) is 0 Å². The van der Waals surface area contributed by atoms with Gasteiger partial charge in [0.15, 0.2) is 0 Å². The van der Waals surface area contributed by atoms with Crippen molar-refractivity contribution in [2.45, 2.75) is 85.7 Å². The Morgan fingerprint density at radius 3 is 2.64 bits per heavy atom. The highest BCUT2D eigenvalue weighted by molar-refractivity contribution is 5.65. The molecule has 0 amide bonds. The molecule has 0 unspecified atom stereocenters. The van der Waals surface area contributed by atoms with Crippen LogP contribution in [-0.4, -0.2) is 23.8 Å². The highest BCUT2D eigenvalue weighted by Crippen LogP contribution is 2.61. The minimum atomic E-state index is -0.189. The molecule has 0 radical (unpaired) electrons. The monoisotopic (exact) mass is 350 g/mol. The van der Waals surface area contributed by atoms with Crippen molar-refractivity contribution in [2.24, 2.45) is 28.6 Å². The van der Waals surface area contributed by atoms with Crippen molar-refractivity contribution in [3.63, 3.8) is 0 Å². The third-order valence-corrected chi connectivity index (χ3v) is 7.42. The van der Waals surface area contributed by atoms with E-state index in [1.807, 2.05) is 0 Å². The highest BCUT2D eigenvalue weighted by atomic mass is 16.5. The number of esters is 1. The molecule has 2 saturated carbocycles. The van der Waals surface area contributed by atoms with Gasteiger partial charge in [-0.05, 0) is 73.5 Å². The molecule has 144 valence electrons. The van der Waals surface area contributed by atoms with E-state index in [1.54, 1.807) is 0 Å². The van der Waals surface area contributed by atoms with Crippen molar-refractivity contribution >= 4 is 5.97 Å². The third kappa shape index (κ3) is 4.30. The van der Waals surface area contributed by atoms with Crippen LogP contribution in [0, 0.1) is 28.6 Å². The molecular formula is C22H38O3. The van der Waals surface area contributed by atoms with E-state index < -0.39 is 0 Å². The van der Waals surface area contributed by atoms with Crippen molar-refractivity contribution in [1.82, 2.24) is 0 Å². The molecule has 0 aromatic rings. The number of aliphatic hydroxyl groups is 1. The van der Waals surface area contributed by atoms with E-state index in [0.29, 0.717) is 24.4 Å². The van der Waals surface area contributed by atoms with Crippen LogP contribution in [0.2, 0.25) is 0 Å². The van der Waals surface area contributed by atoms with Crippen LogP contribution in [-0.2, 0) is 9.53 Å². The lowest BCUT2D eigenvalue weighted by Crippen LogP contribution is -2.54. The van der Waals surface area contributed by atoms with Gasteiger partial charge in [-0.25, -0.2) is 0 Å². The molecular weight excluding hydrogens is 312 g/mol. The summed E-state index contributed by atoms with van der Waals surface area (Å²) in [6.45, 7) is 15.6. The van der Waals surface area contributed by atoms with Gasteiger partial charge in [0.1, 0.15) is 0 Å². The number of hydrogen-bond donors (Lipinski definition) is 1. The van der Waals surface area contributed by atoms with E-state index in [1.165, 1.54) is 18.9 Å². The molecule has 0 aliphatic heterocycles. The van der Waals surface area contributed by atoms with Gasteiger partial charge in [0, 0.05) is 6.92 Å². The molecule has 2 rings (SSSR count). The summed E-state index contributed by atoms with van der Waals surface area (Å²) in [6.07, 6.45) is 7.35. The number of carbonyl (C=O) groups is 1. The number of allylic oxidation sites excluding steroid dienone is 1. The largest absolute Gasteiger partial charge is 0.466 e. The Morgan fingerprint density at radius 2 is 2.00 bits per heavy atom. The Morgan fingerprint density at radius 1 is 1.32 bits per heavy atom. The first-order valence-corrected chi connectivity index (χ1v) is 10.1. The minimum Gasteiger partial charge on any atom is -0.466 e. The van der Waals surface area contributed by atoms with Gasteiger partial charge in [-0.2, -0.15) is 0 Å². The molecule has 2 aliphatic rings. The predicted octanol–water partition coefficient (Wildman–Crippen LogP) is 5.13. The Kier molecular flexibility index (Phi) is 6.40. The molecule has 3 nitrogen and oxygen atoms in total. The zero-order chi connectivity index (χ0) is 18.8. The summed E-state index contributed by atoms with van der Waals surface area (Å²) < 4.78 is 5.09. The lowest BCUT2D eigenvalue weighted by molar-refractivity contribution is -0.141. The van der Waals surface area contributed by atoms with Crippen LogP contribution in [0.1, 0.15) is 79.6 Å². The van der Waals surface area contributed by atoms with Gasteiger partial charge in [0.25, 0.3) is 0 Å². The summed E-state index contributed by atoms with van der Waals surface area (Å²) in [7, 11) is 0. The lowest BCUT2D eigenvalue weighted by Gasteiger charge is -2.59. The molecule has 0 aromatic heterocycles. The molecule has 0 saturated heterocycles. The van der Waals surface area contributed by atoms with Crippen LogP contribution in [0.5, 0.6) is 0 Å². The van der Waals surface area contributed by atoms with Gasteiger partial charge < -0.3 is 9.84 Å². The first-order chi connectivity index (χ1) is 11.6. The van der Waals surface area contributed by atoms with E-state index in [4.69, 9.17) is 4.74 Å². The van der Waals surface area contributed by atoms with Crippen LogP contribution in [0.15, 0.2) is 12.2 Å². The maximum atomic E-state index is 10.9. The Balaban J connectivity index is 2.01. The second-order valence-corrected chi connectivity index (χ2v) is 9.49. The number of fused-ring (bicyclic) bond motifs is 1. The van der Waals surface area contributed by atoms with E-state index in [0.717, 1.165) is 38.5 Å². The minimum absolute atomic E-state index is 0.00705. The Labute approximate surface area is 154 Å². The molecule has 0 aromatic carbocycles. The van der Waals surface area contributed by atoms with E-state index in [2.05, 4.69) is 34.3 Å². The Bertz CT molecular complexity index is 496. The summed E-state index contributed by atoms with van der Waals surface area (Å²) >= 11 is 0. The molecule has 0 spiro atoms. The fourth-order valence-electron chi connectivity index (χ4n) is 5.70. The number of carbonyl (C=O) groups excluding carboxylic acids is 1. The normalized spacial score (nSPS) is 35.8. The fourth-order valence-corrected chi connectivity index (χ4v) is 5.70. The van der Waals surface area contributed by atoms with Crippen LogP contribution >= 0.6 is 0 Å². The summed E-state index contributed by atoms with van der Waals surface area (Å²) in [5, 5.41) is 10.5. The van der Waals surface area contributed by atoms with Gasteiger partial charge in [0.05, 0.1) is 12.7 Å². The van der Waals surface area contributed by atoms with Crippen molar-refractivity contribution in [1.29, 1.82) is 0 Å². The van der Waals surface area contributed by atoms with E-state index >= 15 is 0 Å². The van der Waals surface area contributed by atoms with Gasteiger partial charge in [-0.3, -0.25) is 4.79 Å². The summed E-state index contributed by atoms with van der Waals surface area (Å²) in [5.41, 5.74) is 1.67. The molecule has 0 bridgehead atoms. The molecule has 2 aliphatic carbocycles. The number of ether oxygens (including phenoxy) is 1. The third-order valence-electron chi connectivity index (χ3n) is 7.42. The quantitative estimate of drug-likeness (QED) is 0.534. The summed E-state index contributed by atoms with van der Waals surface area (Å²) in [4.78, 5) is 10.9. The predicted molar refractivity (Wildman–Crippen MR) is 102 cm³/mol. The maximum Gasteiger partial charge on any atom is 0.302 e. The smallest absolute Gasteiger partial charge is 0.302 e. The maximum absolute atomic E-state index is 10.9. The van der Waals surface area contributed by atoms with Crippen molar-refractivity contribution in [3.05, 3.63) is 12.2 Å². The first-order valence-electron chi connectivity index (χ1n) is 10.1. The van der Waals surface area contributed by atoms with Crippen LogP contribution in [0.25, 0.3) is 0 Å². The van der Waals surface area contributed by atoms with Crippen LogP contribution < -0.4 is 0 Å². The molecule has 0 heterocycles. The summed E-state index contributed by atoms with van der Waals surface area (Å²) in [5.74, 6) is 1.48. The molecule has 2 fully saturated rings. The number of hydrogen-bond acceptors (Lipinski definition) is 3. The van der Waals surface area contributed by atoms with Crippen LogP contribution in [0.4, 0.5) is 0 Å². The van der Waals surface area contributed by atoms with Crippen molar-refractivity contribution in [2.75, 3.05) is 6.61 Å². The van der Waals surface area contributed by atoms with Gasteiger partial charge >= 0.3 is 5.97 Å². The second-order valence-electron chi connectivity index (χ2n) is 9.49. The zero-order valence-corrected chi connectivity index (χ0v) is 16.9. The molecule has 1 N–H and O–H groups in total. The van der Waals surface area contributed by atoms with Gasteiger partial charge in [-0.1, -0.05) is 39.8 Å². The first kappa shape index (κ1) is 20.5. The Hall–Kier alpha value is -0.830. The molecule has 3 heteroatoms. The van der Waals surface area contributed by atoms with Gasteiger partial charge in [0.2, 0.25) is 0 Å².